The van der Waals surface area contributed by atoms with Gasteiger partial charge in [-0.25, -0.2) is 0 Å². The number of nitrogens with zero attached hydrogens (tertiary/aromatic N) is 2. The average Bonchev–Trinajstić information content (AvgIpc) is 3.25. The lowest BCUT2D eigenvalue weighted by Crippen LogP contribution is -2.45. The molecule has 5 heteroatoms. The lowest BCUT2D eigenvalue weighted by atomic mass is 9.99. The van der Waals surface area contributed by atoms with Gasteiger partial charge in [0, 0.05) is 26.2 Å². The van der Waals surface area contributed by atoms with E-state index in [0.29, 0.717) is 6.04 Å². The number of fused-ring (bicyclic) bond motifs is 1. The molecule has 5 nitrogen and oxygen atoms in total. The van der Waals surface area contributed by atoms with E-state index in [2.05, 4.69) is 34.3 Å². The second-order valence-corrected chi connectivity index (χ2v) is 6.16. The van der Waals surface area contributed by atoms with Crippen molar-refractivity contribution in [2.75, 3.05) is 27.8 Å². The van der Waals surface area contributed by atoms with Gasteiger partial charge in [-0.05, 0) is 42.0 Å². The van der Waals surface area contributed by atoms with E-state index in [4.69, 9.17) is 9.47 Å². The first-order valence-corrected chi connectivity index (χ1v) is 7.88. The third kappa shape index (κ3) is 2.85. The van der Waals surface area contributed by atoms with Crippen molar-refractivity contribution in [2.24, 2.45) is 10.9 Å². The highest BCUT2D eigenvalue weighted by molar-refractivity contribution is 5.81. The molecule has 120 valence electrons. The molecule has 1 N–H and O–H groups in total. The van der Waals surface area contributed by atoms with Crippen LogP contribution in [-0.4, -0.2) is 44.7 Å². The SMILES string of the molecule is CN=C(NC1CC1C)N1CCc2cc(OC)c(OC)cc2C1. The highest BCUT2D eigenvalue weighted by atomic mass is 16.5. The van der Waals surface area contributed by atoms with Crippen LogP contribution in [0.5, 0.6) is 11.5 Å². The number of methoxy groups -OCH3 is 2. The van der Waals surface area contributed by atoms with Crippen molar-refractivity contribution in [3.8, 4) is 11.5 Å². The van der Waals surface area contributed by atoms with E-state index in [0.717, 1.165) is 42.9 Å². The zero-order chi connectivity index (χ0) is 15.7. The Balaban J connectivity index is 1.77. The number of aliphatic imine (C=N–C) groups is 1. The largest absolute Gasteiger partial charge is 0.493 e. The van der Waals surface area contributed by atoms with Crippen LogP contribution in [0.3, 0.4) is 0 Å². The fourth-order valence-electron chi connectivity index (χ4n) is 3.05. The summed E-state index contributed by atoms with van der Waals surface area (Å²) in [5.74, 6) is 3.37. The van der Waals surface area contributed by atoms with Crippen LogP contribution < -0.4 is 14.8 Å². The molecule has 1 aromatic carbocycles. The van der Waals surface area contributed by atoms with Crippen LogP contribution in [0.2, 0.25) is 0 Å². The molecule has 0 amide bonds. The molecule has 1 heterocycles. The summed E-state index contributed by atoms with van der Waals surface area (Å²) in [4.78, 5) is 6.77. The van der Waals surface area contributed by atoms with Gasteiger partial charge in [0.15, 0.2) is 17.5 Å². The van der Waals surface area contributed by atoms with E-state index in [1.54, 1.807) is 14.2 Å². The molecule has 2 aliphatic rings. The second-order valence-electron chi connectivity index (χ2n) is 6.16. The minimum atomic E-state index is 0.588. The van der Waals surface area contributed by atoms with Gasteiger partial charge in [0.2, 0.25) is 0 Å². The molecule has 0 aromatic heterocycles. The van der Waals surface area contributed by atoms with E-state index in [1.807, 2.05) is 7.05 Å². The van der Waals surface area contributed by atoms with Gasteiger partial charge >= 0.3 is 0 Å². The molecule has 0 bridgehead atoms. The summed E-state index contributed by atoms with van der Waals surface area (Å²) in [7, 11) is 5.22. The first-order valence-electron chi connectivity index (χ1n) is 7.88. The Morgan fingerprint density at radius 3 is 2.41 bits per heavy atom. The van der Waals surface area contributed by atoms with Crippen LogP contribution >= 0.6 is 0 Å². The van der Waals surface area contributed by atoms with E-state index < -0.39 is 0 Å². The molecule has 2 unspecified atom stereocenters. The lowest BCUT2D eigenvalue weighted by Gasteiger charge is -2.32. The van der Waals surface area contributed by atoms with E-state index >= 15 is 0 Å². The monoisotopic (exact) mass is 303 g/mol. The zero-order valence-corrected chi connectivity index (χ0v) is 13.8. The van der Waals surface area contributed by atoms with Gasteiger partial charge in [0.1, 0.15) is 0 Å². The van der Waals surface area contributed by atoms with Crippen molar-refractivity contribution in [3.63, 3.8) is 0 Å². The van der Waals surface area contributed by atoms with Gasteiger partial charge < -0.3 is 19.7 Å². The Morgan fingerprint density at radius 2 is 1.86 bits per heavy atom. The highest BCUT2D eigenvalue weighted by Crippen LogP contribution is 2.34. The average molecular weight is 303 g/mol. The van der Waals surface area contributed by atoms with Gasteiger partial charge in [-0.2, -0.15) is 0 Å². The number of hydrogen-bond donors (Lipinski definition) is 1. The molecule has 1 aliphatic heterocycles. The summed E-state index contributed by atoms with van der Waals surface area (Å²) in [6.07, 6.45) is 2.24. The Kier molecular flexibility index (Phi) is 4.14. The van der Waals surface area contributed by atoms with E-state index in [-0.39, 0.29) is 0 Å². The standard InChI is InChI=1S/C17H25N3O2/c1-11-7-14(11)19-17(18-2)20-6-5-12-8-15(21-3)16(22-4)9-13(12)10-20/h8-9,11,14H,5-7,10H2,1-4H3,(H,18,19). The summed E-state index contributed by atoms with van der Waals surface area (Å²) in [6.45, 7) is 4.10. The maximum Gasteiger partial charge on any atom is 0.194 e. The maximum absolute atomic E-state index is 5.42. The van der Waals surface area contributed by atoms with Gasteiger partial charge in [0.25, 0.3) is 0 Å². The fraction of sp³-hybridized carbons (Fsp3) is 0.588. The number of hydrogen-bond acceptors (Lipinski definition) is 3. The molecule has 2 atom stereocenters. The van der Waals surface area contributed by atoms with Crippen molar-refractivity contribution >= 4 is 5.96 Å². The Labute approximate surface area is 132 Å². The second kappa shape index (κ2) is 6.07. The Hall–Kier alpha value is -1.91. The third-order valence-electron chi connectivity index (χ3n) is 4.65. The van der Waals surface area contributed by atoms with Gasteiger partial charge in [-0.15, -0.1) is 0 Å². The normalized spacial score (nSPS) is 23.8. The van der Waals surface area contributed by atoms with Gasteiger partial charge in [0.05, 0.1) is 14.2 Å². The minimum Gasteiger partial charge on any atom is -0.493 e. The fourth-order valence-corrected chi connectivity index (χ4v) is 3.05. The van der Waals surface area contributed by atoms with Crippen molar-refractivity contribution in [1.29, 1.82) is 0 Å². The molecule has 0 saturated heterocycles. The summed E-state index contributed by atoms with van der Waals surface area (Å²) in [6, 6.07) is 4.78. The topological polar surface area (TPSA) is 46.1 Å². The molecular formula is C17H25N3O2. The van der Waals surface area contributed by atoms with Crippen LogP contribution in [0.1, 0.15) is 24.5 Å². The predicted octanol–water partition coefficient (Wildman–Crippen LogP) is 2.05. The van der Waals surface area contributed by atoms with E-state index in [9.17, 15) is 0 Å². The number of nitrogens with one attached hydrogen (secondary N) is 1. The van der Waals surface area contributed by atoms with Crippen LogP contribution in [0.15, 0.2) is 17.1 Å². The van der Waals surface area contributed by atoms with Crippen molar-refractivity contribution in [1.82, 2.24) is 10.2 Å². The number of guanidine groups is 1. The molecule has 1 aromatic rings. The molecule has 0 spiro atoms. The summed E-state index contributed by atoms with van der Waals surface area (Å²) in [5, 5.41) is 3.56. The van der Waals surface area contributed by atoms with Crippen molar-refractivity contribution in [2.45, 2.75) is 32.4 Å². The lowest BCUT2D eigenvalue weighted by molar-refractivity contribution is 0.345. The summed E-state index contributed by atoms with van der Waals surface area (Å²) in [5.41, 5.74) is 2.62. The molecule has 1 saturated carbocycles. The first kappa shape index (κ1) is 15.0. The third-order valence-corrected chi connectivity index (χ3v) is 4.65. The molecule has 22 heavy (non-hydrogen) atoms. The van der Waals surface area contributed by atoms with Crippen molar-refractivity contribution < 1.29 is 9.47 Å². The number of ether oxygens (including phenoxy) is 2. The van der Waals surface area contributed by atoms with Crippen LogP contribution in [0.4, 0.5) is 0 Å². The number of benzene rings is 1. The molecule has 3 rings (SSSR count). The highest BCUT2D eigenvalue weighted by Gasteiger charge is 2.34. The molecular weight excluding hydrogens is 278 g/mol. The smallest absolute Gasteiger partial charge is 0.194 e. The zero-order valence-electron chi connectivity index (χ0n) is 13.8. The minimum absolute atomic E-state index is 0.588. The number of rotatable bonds is 3. The van der Waals surface area contributed by atoms with Crippen LogP contribution in [0, 0.1) is 5.92 Å². The van der Waals surface area contributed by atoms with E-state index in [1.165, 1.54) is 17.5 Å². The summed E-state index contributed by atoms with van der Waals surface area (Å²) < 4.78 is 10.8. The van der Waals surface area contributed by atoms with Gasteiger partial charge in [-0.1, -0.05) is 6.92 Å². The quantitative estimate of drug-likeness (QED) is 0.686. The Morgan fingerprint density at radius 1 is 1.23 bits per heavy atom. The molecule has 1 aliphatic carbocycles. The van der Waals surface area contributed by atoms with Crippen LogP contribution in [0.25, 0.3) is 0 Å². The molecule has 0 radical (unpaired) electrons. The summed E-state index contributed by atoms with van der Waals surface area (Å²) >= 11 is 0. The Bertz CT molecular complexity index is 586. The van der Waals surface area contributed by atoms with Gasteiger partial charge in [-0.3, -0.25) is 4.99 Å². The van der Waals surface area contributed by atoms with Crippen LogP contribution in [-0.2, 0) is 13.0 Å². The first-order chi connectivity index (χ1) is 10.7. The van der Waals surface area contributed by atoms with Crippen molar-refractivity contribution in [3.05, 3.63) is 23.3 Å². The maximum atomic E-state index is 5.42. The predicted molar refractivity (Wildman–Crippen MR) is 87.7 cm³/mol. The molecule has 1 fully saturated rings.